The van der Waals surface area contributed by atoms with Crippen LogP contribution in [0.3, 0.4) is 0 Å². The lowest BCUT2D eigenvalue weighted by atomic mass is 10.1. The fraction of sp³-hybridized carbons (Fsp3) is 0.621. The van der Waals surface area contributed by atoms with Crippen molar-refractivity contribution < 1.29 is 23.5 Å². The van der Waals surface area contributed by atoms with E-state index in [1.807, 2.05) is 42.1 Å². The van der Waals surface area contributed by atoms with Crippen LogP contribution in [0.5, 0.6) is 5.75 Å². The van der Waals surface area contributed by atoms with Crippen molar-refractivity contribution in [2.75, 3.05) is 36.8 Å². The molecule has 0 amide bonds. The number of imidazole rings is 1. The fourth-order valence-corrected chi connectivity index (χ4v) is 6.19. The Bertz CT molecular complexity index is 1170. The molecule has 0 aliphatic rings. The van der Waals surface area contributed by atoms with Gasteiger partial charge in [-0.2, -0.15) is 11.8 Å². The van der Waals surface area contributed by atoms with E-state index in [9.17, 15) is 9.46 Å². The van der Waals surface area contributed by atoms with Gasteiger partial charge in [0.15, 0.2) is 19.1 Å². The van der Waals surface area contributed by atoms with Gasteiger partial charge < -0.3 is 39.9 Å². The number of hydrogen-bond acceptors (Lipinski definition) is 10. The predicted molar refractivity (Wildman–Crippen MR) is 170 cm³/mol. The maximum atomic E-state index is 12.2. The number of nitrogens with two attached hydrogens (primary N) is 1. The van der Waals surface area contributed by atoms with Crippen LogP contribution in [-0.2, 0) is 20.4 Å². The van der Waals surface area contributed by atoms with Crippen LogP contribution in [0.2, 0.25) is 0 Å². The second-order valence-electron chi connectivity index (χ2n) is 10.2. The van der Waals surface area contributed by atoms with Gasteiger partial charge in [-0.15, -0.1) is 0 Å². The summed E-state index contributed by atoms with van der Waals surface area (Å²) < 4.78 is 30.4. The zero-order valence-corrected chi connectivity index (χ0v) is 26.9. The minimum absolute atomic E-state index is 0. The lowest BCUT2D eigenvalue weighted by Crippen LogP contribution is -2.20. The Hall–Kier alpha value is -2.21. The summed E-state index contributed by atoms with van der Waals surface area (Å²) in [7, 11) is -4.05. The van der Waals surface area contributed by atoms with E-state index in [-0.39, 0.29) is 18.9 Å². The zero-order chi connectivity index (χ0) is 29.2. The van der Waals surface area contributed by atoms with Gasteiger partial charge in [-0.1, -0.05) is 63.1 Å². The van der Waals surface area contributed by atoms with Crippen molar-refractivity contribution in [1.29, 1.82) is 0 Å². The summed E-state index contributed by atoms with van der Waals surface area (Å²) in [5, 5.41) is 0. The van der Waals surface area contributed by atoms with Gasteiger partial charge in [0, 0.05) is 0 Å². The monoisotopic (exact) mass is 624 g/mol. The Morgan fingerprint density at radius 2 is 1.60 bits per heavy atom. The molecule has 11 nitrogen and oxygen atoms in total. The molecule has 0 spiro atoms. The number of thioether (sulfide) groups is 1. The quantitative estimate of drug-likeness (QED) is 0.0883. The molecule has 0 aliphatic heterocycles. The average molecular weight is 625 g/mol. The molecule has 0 aliphatic carbocycles. The van der Waals surface area contributed by atoms with Crippen LogP contribution in [0, 0.1) is 0 Å². The summed E-state index contributed by atoms with van der Waals surface area (Å²) in [6.45, 7) is 3.16. The van der Waals surface area contributed by atoms with E-state index in [0.717, 1.165) is 30.3 Å². The van der Waals surface area contributed by atoms with Crippen LogP contribution in [-0.4, -0.2) is 56.7 Å². The number of unbranched alkanes of at least 4 members (excludes halogenated alkanes) is 8. The van der Waals surface area contributed by atoms with Gasteiger partial charge in [0.25, 0.3) is 0 Å². The van der Waals surface area contributed by atoms with Crippen molar-refractivity contribution in [1.82, 2.24) is 25.7 Å². The molecule has 6 N–H and O–H groups in total. The second-order valence-corrected chi connectivity index (χ2v) is 13.2. The molecule has 236 valence electrons. The van der Waals surface area contributed by atoms with Gasteiger partial charge in [-0.25, -0.2) is 15.0 Å². The first-order valence-electron chi connectivity index (χ1n) is 14.7. The Labute approximate surface area is 254 Å². The highest BCUT2D eigenvalue weighted by Crippen LogP contribution is 2.37. The van der Waals surface area contributed by atoms with Crippen LogP contribution in [0.1, 0.15) is 71.1 Å². The van der Waals surface area contributed by atoms with E-state index in [1.54, 1.807) is 17.8 Å². The number of nitrogen functional groups attached to an aromatic ring is 1. The molecule has 0 fully saturated rings. The van der Waals surface area contributed by atoms with Crippen LogP contribution in [0.25, 0.3) is 11.2 Å². The summed E-state index contributed by atoms with van der Waals surface area (Å²) in [6.07, 6.45) is 14.1. The molecule has 3 aromatic rings. The predicted octanol–water partition coefficient (Wildman–Crippen LogP) is 6.43. The Kier molecular flexibility index (Phi) is 17.7. The molecule has 42 heavy (non-hydrogen) atoms. The maximum absolute atomic E-state index is 12.2. The Morgan fingerprint density at radius 3 is 2.33 bits per heavy atom. The van der Waals surface area contributed by atoms with Gasteiger partial charge in [0.1, 0.15) is 23.9 Å². The minimum Gasteiger partial charge on any atom is -0.777 e. The van der Waals surface area contributed by atoms with Crippen molar-refractivity contribution in [2.24, 2.45) is 0 Å². The van der Waals surface area contributed by atoms with Crippen LogP contribution >= 0.6 is 19.4 Å². The summed E-state index contributed by atoms with van der Waals surface area (Å²) in [5.74, 6) is 3.26. The summed E-state index contributed by atoms with van der Waals surface area (Å²) in [5.41, 5.74) is 6.90. The summed E-state index contributed by atoms with van der Waals surface area (Å²) >= 11 is 1.86. The number of fused-ring (bicyclic) bond motifs is 1. The third-order valence-corrected chi connectivity index (χ3v) is 8.76. The minimum atomic E-state index is -4.05. The number of aromatic nitrogens is 4. The van der Waals surface area contributed by atoms with Crippen molar-refractivity contribution >= 4 is 36.3 Å². The molecular formula is C29H49N6O5PS. The first-order valence-corrected chi connectivity index (χ1v) is 17.6. The van der Waals surface area contributed by atoms with Gasteiger partial charge in [0.05, 0.1) is 32.2 Å². The largest absolute Gasteiger partial charge is 0.777 e. The molecule has 13 heteroatoms. The highest BCUT2D eigenvalue weighted by molar-refractivity contribution is 7.99. The van der Waals surface area contributed by atoms with E-state index in [0.29, 0.717) is 29.9 Å². The zero-order valence-electron chi connectivity index (χ0n) is 25.2. The number of anilines is 1. The third-order valence-electron chi connectivity index (χ3n) is 6.57. The number of para-hydroxylation sites is 1. The molecule has 1 unspecified atom stereocenters. The van der Waals surface area contributed by atoms with Crippen molar-refractivity contribution in [3.63, 3.8) is 0 Å². The average Bonchev–Trinajstić information content (AvgIpc) is 3.38. The SMILES string of the molecule is C[C@H](Cn1cnc2c(N)ncnc21)OCP(=O)([O-])OCCCSCCCCCCCCCCCOc1ccccc1.[NH4+]. The molecule has 0 saturated heterocycles. The Balaban J connectivity index is 0.00000616. The van der Waals surface area contributed by atoms with Gasteiger partial charge >= 0.3 is 0 Å². The van der Waals surface area contributed by atoms with Gasteiger partial charge in [-0.05, 0) is 49.8 Å². The van der Waals surface area contributed by atoms with Crippen LogP contribution in [0.15, 0.2) is 43.0 Å². The standard InChI is InChI=1S/C29H46N5O5PS.H3N/c1-25(21-34-23-33-27-28(30)31-22-32-29(27)34)38-24-40(35,36)39-18-14-20-41-19-13-8-6-4-2-3-5-7-12-17-37-26-15-10-9-11-16-26;/h9-11,15-16,22-23,25H,2-8,12-14,17-21,24H2,1H3,(H,35,36)(H2,30,31,32);1H3/t25-;/m1./s1. The molecule has 0 radical (unpaired) electrons. The molecule has 0 saturated carbocycles. The molecule has 2 heterocycles. The second kappa shape index (κ2) is 20.7. The maximum Gasteiger partial charge on any atom is 0.165 e. The summed E-state index contributed by atoms with van der Waals surface area (Å²) in [6, 6.07) is 10.0. The normalized spacial score (nSPS) is 13.5. The fourth-order valence-electron chi connectivity index (χ4n) is 4.33. The highest BCUT2D eigenvalue weighted by atomic mass is 32.2. The van der Waals surface area contributed by atoms with Gasteiger partial charge in [0.2, 0.25) is 0 Å². The Morgan fingerprint density at radius 1 is 0.929 bits per heavy atom. The smallest absolute Gasteiger partial charge is 0.165 e. The highest BCUT2D eigenvalue weighted by Gasteiger charge is 2.14. The molecule has 0 bridgehead atoms. The molecular weight excluding hydrogens is 575 g/mol. The van der Waals surface area contributed by atoms with Crippen LogP contribution < -0.4 is 21.5 Å². The van der Waals surface area contributed by atoms with E-state index in [2.05, 4.69) is 15.0 Å². The van der Waals surface area contributed by atoms with Crippen molar-refractivity contribution in [3.8, 4) is 5.75 Å². The van der Waals surface area contributed by atoms with E-state index in [1.165, 1.54) is 57.7 Å². The molecule has 2 atom stereocenters. The van der Waals surface area contributed by atoms with E-state index < -0.39 is 13.9 Å². The van der Waals surface area contributed by atoms with E-state index in [4.69, 9.17) is 19.7 Å². The number of rotatable bonds is 23. The number of ether oxygens (including phenoxy) is 2. The van der Waals surface area contributed by atoms with E-state index >= 15 is 0 Å². The third kappa shape index (κ3) is 14.3. The van der Waals surface area contributed by atoms with Crippen molar-refractivity contribution in [3.05, 3.63) is 43.0 Å². The lowest BCUT2D eigenvalue weighted by molar-refractivity contribution is -0.205. The molecule has 3 rings (SSSR count). The van der Waals surface area contributed by atoms with Gasteiger partial charge in [-0.3, -0.25) is 0 Å². The molecule has 2 aromatic heterocycles. The van der Waals surface area contributed by atoms with Crippen molar-refractivity contribution in [2.45, 2.75) is 83.8 Å². The summed E-state index contributed by atoms with van der Waals surface area (Å²) in [4.78, 5) is 24.5. The number of benzene rings is 1. The first kappa shape index (κ1) is 36.0. The number of quaternary nitrogens is 1. The number of hydrogen-bond donors (Lipinski definition) is 2. The van der Waals surface area contributed by atoms with Crippen LogP contribution in [0.4, 0.5) is 5.82 Å². The lowest BCUT2D eigenvalue weighted by Gasteiger charge is -2.25. The number of nitrogens with zero attached hydrogens (tertiary/aromatic N) is 4. The first-order chi connectivity index (χ1) is 19.9. The molecule has 1 aromatic carbocycles. The topological polar surface area (TPSA) is 174 Å².